The summed E-state index contributed by atoms with van der Waals surface area (Å²) in [4.78, 5) is 11.2. The summed E-state index contributed by atoms with van der Waals surface area (Å²) >= 11 is 0. The summed E-state index contributed by atoms with van der Waals surface area (Å²) < 4.78 is 9.80. The minimum atomic E-state index is -0.503. The van der Waals surface area contributed by atoms with Gasteiger partial charge in [0.25, 0.3) is 0 Å². The summed E-state index contributed by atoms with van der Waals surface area (Å²) in [5, 5.41) is 9.72. The second kappa shape index (κ2) is 3.74. The van der Waals surface area contributed by atoms with Crippen LogP contribution in [-0.4, -0.2) is 18.2 Å². The Hall–Kier alpha value is -1.81. The zero-order valence-corrected chi connectivity index (χ0v) is 8.19. The highest BCUT2D eigenvalue weighted by Gasteiger charge is 2.12. The summed E-state index contributed by atoms with van der Waals surface area (Å²) in [6.07, 6.45) is 0. The van der Waals surface area contributed by atoms with Gasteiger partial charge >= 0.3 is 5.97 Å². The number of methoxy groups -OCH3 is 1. The molecule has 0 aliphatic rings. The van der Waals surface area contributed by atoms with Crippen molar-refractivity contribution in [2.75, 3.05) is 7.11 Å². The third-order valence-electron chi connectivity index (χ3n) is 2.15. The van der Waals surface area contributed by atoms with Crippen molar-refractivity contribution in [2.24, 2.45) is 0 Å². The molecule has 0 amide bonds. The third-order valence-corrected chi connectivity index (χ3v) is 2.15. The van der Waals surface area contributed by atoms with Crippen molar-refractivity contribution in [3.63, 3.8) is 0 Å². The van der Waals surface area contributed by atoms with E-state index in [0.717, 1.165) is 10.9 Å². The van der Waals surface area contributed by atoms with Crippen molar-refractivity contribution >= 4 is 16.9 Å². The molecule has 0 fully saturated rings. The quantitative estimate of drug-likeness (QED) is 0.760. The number of ether oxygens (including phenoxy) is 1. The molecule has 2 rings (SSSR count). The van der Waals surface area contributed by atoms with E-state index in [-0.39, 0.29) is 12.4 Å². The molecule has 0 radical (unpaired) electrons. The van der Waals surface area contributed by atoms with E-state index in [4.69, 9.17) is 9.52 Å². The number of rotatable bonds is 2. The third kappa shape index (κ3) is 1.71. The molecule has 4 nitrogen and oxygen atoms in total. The Bertz CT molecular complexity index is 498. The predicted molar refractivity (Wildman–Crippen MR) is 53.5 cm³/mol. The average molecular weight is 206 g/mol. The van der Waals surface area contributed by atoms with Crippen LogP contribution >= 0.6 is 0 Å². The van der Waals surface area contributed by atoms with E-state index in [2.05, 4.69) is 4.74 Å². The molecular weight excluding hydrogens is 196 g/mol. The van der Waals surface area contributed by atoms with E-state index in [9.17, 15) is 4.79 Å². The minimum Gasteiger partial charge on any atom is -0.463 e. The van der Waals surface area contributed by atoms with Crippen LogP contribution in [0.15, 0.2) is 28.7 Å². The molecule has 4 heteroatoms. The van der Waals surface area contributed by atoms with E-state index in [0.29, 0.717) is 5.58 Å². The Morgan fingerprint density at radius 1 is 1.47 bits per heavy atom. The first-order valence-corrected chi connectivity index (χ1v) is 4.46. The molecule has 1 N–H and O–H groups in total. The maximum atomic E-state index is 11.2. The monoisotopic (exact) mass is 206 g/mol. The highest BCUT2D eigenvalue weighted by atomic mass is 16.5. The summed E-state index contributed by atoms with van der Waals surface area (Å²) in [5.41, 5.74) is 1.38. The number of aliphatic hydroxyl groups excluding tert-OH is 1. The number of benzene rings is 1. The molecule has 0 aliphatic heterocycles. The second-order valence-corrected chi connectivity index (χ2v) is 3.13. The van der Waals surface area contributed by atoms with Crippen LogP contribution < -0.4 is 0 Å². The first-order valence-electron chi connectivity index (χ1n) is 4.46. The summed E-state index contributed by atoms with van der Waals surface area (Å²) in [6.45, 7) is -0.0331. The van der Waals surface area contributed by atoms with E-state index in [1.165, 1.54) is 7.11 Å². The standard InChI is InChI=1S/C11H10O4/c1-14-11(13)10-5-8-4-7(6-12)2-3-9(8)15-10/h2-5,12H,6H2,1H3. The number of hydrogen-bond donors (Lipinski definition) is 1. The van der Waals surface area contributed by atoms with Gasteiger partial charge in [0.2, 0.25) is 5.76 Å². The first-order chi connectivity index (χ1) is 7.24. The average Bonchev–Trinajstić information content (AvgIpc) is 2.70. The van der Waals surface area contributed by atoms with Crippen LogP contribution in [-0.2, 0) is 11.3 Å². The van der Waals surface area contributed by atoms with Crippen LogP contribution in [0.3, 0.4) is 0 Å². The van der Waals surface area contributed by atoms with Gasteiger partial charge in [-0.1, -0.05) is 6.07 Å². The van der Waals surface area contributed by atoms with Gasteiger partial charge in [0.05, 0.1) is 13.7 Å². The highest BCUT2D eigenvalue weighted by molar-refractivity contribution is 5.92. The number of aliphatic hydroxyl groups is 1. The van der Waals surface area contributed by atoms with Crippen LogP contribution in [0, 0.1) is 0 Å². The van der Waals surface area contributed by atoms with Gasteiger partial charge in [0.1, 0.15) is 5.58 Å². The Morgan fingerprint density at radius 3 is 2.93 bits per heavy atom. The maximum absolute atomic E-state index is 11.2. The minimum absolute atomic E-state index is 0.0331. The van der Waals surface area contributed by atoms with Crippen LogP contribution in [0.25, 0.3) is 11.0 Å². The molecule has 1 aromatic carbocycles. The number of hydrogen-bond acceptors (Lipinski definition) is 4. The van der Waals surface area contributed by atoms with Crippen LogP contribution in [0.2, 0.25) is 0 Å². The second-order valence-electron chi connectivity index (χ2n) is 3.13. The molecular formula is C11H10O4. The van der Waals surface area contributed by atoms with E-state index >= 15 is 0 Å². The van der Waals surface area contributed by atoms with E-state index in [1.807, 2.05) is 0 Å². The number of carbonyl (C=O) groups excluding carboxylic acids is 1. The van der Waals surface area contributed by atoms with Gasteiger partial charge < -0.3 is 14.3 Å². The van der Waals surface area contributed by atoms with Gasteiger partial charge in [0, 0.05) is 5.39 Å². The van der Waals surface area contributed by atoms with Crippen molar-refractivity contribution < 1.29 is 19.1 Å². The van der Waals surface area contributed by atoms with E-state index in [1.54, 1.807) is 24.3 Å². The van der Waals surface area contributed by atoms with Crippen molar-refractivity contribution in [3.05, 3.63) is 35.6 Å². The molecule has 0 saturated carbocycles. The van der Waals surface area contributed by atoms with Crippen LogP contribution in [0.1, 0.15) is 16.1 Å². The lowest BCUT2D eigenvalue weighted by Gasteiger charge is -1.93. The van der Waals surface area contributed by atoms with Gasteiger partial charge in [-0.15, -0.1) is 0 Å². The van der Waals surface area contributed by atoms with Crippen molar-refractivity contribution in [2.45, 2.75) is 6.61 Å². The molecule has 1 aromatic heterocycles. The SMILES string of the molecule is COC(=O)c1cc2cc(CO)ccc2o1. The molecule has 0 unspecified atom stereocenters. The first kappa shape index (κ1) is 9.73. The molecule has 1 heterocycles. The highest BCUT2D eigenvalue weighted by Crippen LogP contribution is 2.21. The van der Waals surface area contributed by atoms with Crippen LogP contribution in [0.4, 0.5) is 0 Å². The fraction of sp³-hybridized carbons (Fsp3) is 0.182. The van der Waals surface area contributed by atoms with E-state index < -0.39 is 5.97 Å². The van der Waals surface area contributed by atoms with Gasteiger partial charge in [-0.25, -0.2) is 4.79 Å². The molecule has 0 aliphatic carbocycles. The Labute approximate surface area is 86.1 Å². The summed E-state index contributed by atoms with van der Waals surface area (Å²) in [7, 11) is 1.30. The Morgan fingerprint density at radius 2 is 2.27 bits per heavy atom. The Balaban J connectivity index is 2.51. The molecule has 0 atom stereocenters. The maximum Gasteiger partial charge on any atom is 0.373 e. The van der Waals surface area contributed by atoms with Gasteiger partial charge in [-0.2, -0.15) is 0 Å². The normalized spacial score (nSPS) is 10.5. The van der Waals surface area contributed by atoms with Crippen LogP contribution in [0.5, 0.6) is 0 Å². The van der Waals surface area contributed by atoms with Crippen molar-refractivity contribution in [3.8, 4) is 0 Å². The molecule has 78 valence electrons. The lowest BCUT2D eigenvalue weighted by molar-refractivity contribution is 0.0567. The molecule has 15 heavy (non-hydrogen) atoms. The topological polar surface area (TPSA) is 59.7 Å². The van der Waals surface area contributed by atoms with Gasteiger partial charge in [0.15, 0.2) is 0 Å². The van der Waals surface area contributed by atoms with Crippen molar-refractivity contribution in [1.29, 1.82) is 0 Å². The molecule has 0 bridgehead atoms. The van der Waals surface area contributed by atoms with Crippen molar-refractivity contribution in [1.82, 2.24) is 0 Å². The van der Waals surface area contributed by atoms with Gasteiger partial charge in [-0.3, -0.25) is 0 Å². The lowest BCUT2D eigenvalue weighted by atomic mass is 10.2. The molecule has 0 spiro atoms. The molecule has 0 saturated heterocycles. The summed E-state index contributed by atoms with van der Waals surface area (Å²) in [6, 6.07) is 6.83. The number of fused-ring (bicyclic) bond motifs is 1. The number of esters is 1. The number of furan rings is 1. The predicted octanol–water partition coefficient (Wildman–Crippen LogP) is 1.71. The molecule has 2 aromatic rings. The zero-order chi connectivity index (χ0) is 10.8. The largest absolute Gasteiger partial charge is 0.463 e. The summed E-state index contributed by atoms with van der Waals surface area (Å²) in [5.74, 6) is -0.334. The fourth-order valence-electron chi connectivity index (χ4n) is 1.39. The zero-order valence-electron chi connectivity index (χ0n) is 8.19. The smallest absolute Gasteiger partial charge is 0.373 e. The Kier molecular flexibility index (Phi) is 2.43. The lowest BCUT2D eigenvalue weighted by Crippen LogP contribution is -1.97. The fourth-order valence-corrected chi connectivity index (χ4v) is 1.39. The van der Waals surface area contributed by atoms with Gasteiger partial charge in [-0.05, 0) is 23.8 Å². The number of carbonyl (C=O) groups is 1.